The second-order valence-electron chi connectivity index (χ2n) is 7.30. The van der Waals surface area contributed by atoms with Gasteiger partial charge >= 0.3 is 0 Å². The lowest BCUT2D eigenvalue weighted by atomic mass is 9.85. The summed E-state index contributed by atoms with van der Waals surface area (Å²) >= 11 is 0. The highest BCUT2D eigenvalue weighted by Crippen LogP contribution is 2.40. The molecule has 1 aliphatic heterocycles. The van der Waals surface area contributed by atoms with Crippen LogP contribution in [0.2, 0.25) is 0 Å². The maximum atomic E-state index is 12.7. The van der Waals surface area contributed by atoms with Crippen LogP contribution in [0.4, 0.5) is 0 Å². The number of carbonyl (C=O) groups excluding carboxylic acids is 1. The first kappa shape index (κ1) is 18.9. The normalized spacial score (nSPS) is 21.3. The van der Waals surface area contributed by atoms with E-state index in [4.69, 9.17) is 15.7 Å². The molecule has 3 rings (SSSR count). The summed E-state index contributed by atoms with van der Waals surface area (Å²) in [6.07, 6.45) is -0.604. The zero-order valence-electron chi connectivity index (χ0n) is 15.3. The molecule has 0 saturated carbocycles. The van der Waals surface area contributed by atoms with E-state index in [0.717, 1.165) is 5.56 Å². The first-order valence-corrected chi connectivity index (χ1v) is 8.83. The van der Waals surface area contributed by atoms with Gasteiger partial charge in [0.2, 0.25) is 5.91 Å². The van der Waals surface area contributed by atoms with E-state index in [1.54, 1.807) is 32.0 Å². The lowest BCUT2D eigenvalue weighted by Gasteiger charge is -2.42. The fourth-order valence-electron chi connectivity index (χ4n) is 3.25. The Labute approximate surface area is 158 Å². The Hall–Kier alpha value is -2.88. The molecule has 140 valence electrons. The Bertz CT molecular complexity index is 874. The van der Waals surface area contributed by atoms with Crippen molar-refractivity contribution in [2.24, 2.45) is 5.73 Å². The molecule has 27 heavy (non-hydrogen) atoms. The smallest absolute Gasteiger partial charge is 0.237 e. The molecule has 1 amide bonds. The number of nitriles is 1. The summed E-state index contributed by atoms with van der Waals surface area (Å²) in [6.45, 7) is 3.50. The minimum Gasteiger partial charge on any atom is -0.485 e. The number of fused-ring (bicyclic) bond motifs is 1. The number of hydrogen-bond acceptors (Lipinski definition) is 5. The lowest BCUT2D eigenvalue weighted by molar-refractivity contribution is -0.126. The molecular formula is C21H23N3O3. The van der Waals surface area contributed by atoms with Crippen molar-refractivity contribution in [3.8, 4) is 11.8 Å². The summed E-state index contributed by atoms with van der Waals surface area (Å²) in [4.78, 5) is 12.7. The highest BCUT2D eigenvalue weighted by Gasteiger charge is 2.44. The Morgan fingerprint density at radius 2 is 2.04 bits per heavy atom. The Balaban J connectivity index is 1.84. The molecule has 0 aliphatic carbocycles. The number of rotatable bonds is 4. The number of aliphatic hydroxyl groups is 1. The number of carbonyl (C=O) groups is 1. The van der Waals surface area contributed by atoms with Crippen LogP contribution in [0.5, 0.6) is 5.75 Å². The fraction of sp³-hybridized carbons (Fsp3) is 0.333. The molecular weight excluding hydrogens is 342 g/mol. The van der Waals surface area contributed by atoms with Gasteiger partial charge in [0.25, 0.3) is 0 Å². The summed E-state index contributed by atoms with van der Waals surface area (Å²) in [7, 11) is 0. The quantitative estimate of drug-likeness (QED) is 0.766. The largest absolute Gasteiger partial charge is 0.485 e. The molecule has 0 fully saturated rings. The van der Waals surface area contributed by atoms with Crippen molar-refractivity contribution in [3.63, 3.8) is 0 Å². The van der Waals surface area contributed by atoms with Gasteiger partial charge in [0, 0.05) is 5.56 Å². The third-order valence-corrected chi connectivity index (χ3v) is 4.81. The Kier molecular flexibility index (Phi) is 5.17. The van der Waals surface area contributed by atoms with Gasteiger partial charge in [0.1, 0.15) is 17.5 Å². The third kappa shape index (κ3) is 3.95. The Morgan fingerprint density at radius 1 is 1.33 bits per heavy atom. The van der Waals surface area contributed by atoms with Gasteiger partial charge < -0.3 is 20.9 Å². The van der Waals surface area contributed by atoms with Crippen molar-refractivity contribution in [3.05, 3.63) is 65.2 Å². The molecule has 4 N–H and O–H groups in total. The van der Waals surface area contributed by atoms with Crippen LogP contribution >= 0.6 is 0 Å². The van der Waals surface area contributed by atoms with Crippen LogP contribution in [-0.2, 0) is 11.2 Å². The van der Waals surface area contributed by atoms with E-state index in [1.807, 2.05) is 30.3 Å². The van der Waals surface area contributed by atoms with Crippen LogP contribution < -0.4 is 15.8 Å². The van der Waals surface area contributed by atoms with Gasteiger partial charge in [-0.3, -0.25) is 4.79 Å². The van der Waals surface area contributed by atoms with Crippen LogP contribution in [0.3, 0.4) is 0 Å². The average Bonchev–Trinajstić information content (AvgIpc) is 2.65. The summed E-state index contributed by atoms with van der Waals surface area (Å²) in [6, 6.07) is 15.1. The summed E-state index contributed by atoms with van der Waals surface area (Å²) in [5.74, 6) is 0.167. The minimum atomic E-state index is -0.994. The second kappa shape index (κ2) is 7.39. The van der Waals surface area contributed by atoms with E-state index in [9.17, 15) is 9.90 Å². The molecule has 6 heteroatoms. The topological polar surface area (TPSA) is 108 Å². The van der Waals surface area contributed by atoms with Gasteiger partial charge in [-0.15, -0.1) is 0 Å². The first-order chi connectivity index (χ1) is 12.8. The molecule has 0 aromatic heterocycles. The maximum absolute atomic E-state index is 12.7. The van der Waals surface area contributed by atoms with Gasteiger partial charge in [0.05, 0.1) is 23.7 Å². The van der Waals surface area contributed by atoms with Crippen molar-refractivity contribution in [1.29, 1.82) is 5.26 Å². The molecule has 3 atom stereocenters. The van der Waals surface area contributed by atoms with Gasteiger partial charge in [-0.25, -0.2) is 0 Å². The number of amides is 1. The van der Waals surface area contributed by atoms with Crippen LogP contribution in [0, 0.1) is 11.3 Å². The van der Waals surface area contributed by atoms with Crippen molar-refractivity contribution in [2.45, 2.75) is 44.1 Å². The SMILES string of the molecule is CC1(C)Oc2ccc(C#N)cc2C(NC(=O)[C@H](N)Cc2ccccc2)C1O. The molecule has 6 nitrogen and oxygen atoms in total. The van der Waals surface area contributed by atoms with Crippen LogP contribution in [0.1, 0.15) is 36.6 Å². The molecule has 0 radical (unpaired) electrons. The summed E-state index contributed by atoms with van der Waals surface area (Å²) in [5, 5.41) is 22.8. The van der Waals surface area contributed by atoms with Gasteiger partial charge in [-0.05, 0) is 44.0 Å². The number of nitrogens with two attached hydrogens (primary N) is 1. The molecule has 0 saturated heterocycles. The number of nitrogens with one attached hydrogen (secondary N) is 1. The predicted octanol–water partition coefficient (Wildman–Crippen LogP) is 1.82. The monoisotopic (exact) mass is 365 g/mol. The van der Waals surface area contributed by atoms with Crippen LogP contribution in [-0.4, -0.2) is 28.8 Å². The number of ether oxygens (including phenoxy) is 1. The number of benzene rings is 2. The van der Waals surface area contributed by atoms with Crippen molar-refractivity contribution >= 4 is 5.91 Å². The first-order valence-electron chi connectivity index (χ1n) is 8.83. The molecule has 1 aliphatic rings. The van der Waals surface area contributed by atoms with E-state index in [1.165, 1.54) is 0 Å². The second-order valence-corrected chi connectivity index (χ2v) is 7.30. The number of hydrogen-bond donors (Lipinski definition) is 3. The minimum absolute atomic E-state index is 0.367. The molecule has 2 aromatic carbocycles. The zero-order chi connectivity index (χ0) is 19.6. The zero-order valence-corrected chi connectivity index (χ0v) is 15.3. The van der Waals surface area contributed by atoms with Crippen molar-refractivity contribution in [2.75, 3.05) is 0 Å². The van der Waals surface area contributed by atoms with Crippen molar-refractivity contribution < 1.29 is 14.6 Å². The van der Waals surface area contributed by atoms with E-state index in [2.05, 4.69) is 11.4 Å². The maximum Gasteiger partial charge on any atom is 0.237 e. The fourth-order valence-corrected chi connectivity index (χ4v) is 3.25. The molecule has 2 unspecified atom stereocenters. The van der Waals surface area contributed by atoms with E-state index in [-0.39, 0.29) is 5.91 Å². The van der Waals surface area contributed by atoms with E-state index in [0.29, 0.717) is 23.3 Å². The van der Waals surface area contributed by atoms with Gasteiger partial charge in [-0.2, -0.15) is 5.26 Å². The van der Waals surface area contributed by atoms with Gasteiger partial charge in [0.15, 0.2) is 0 Å². The lowest BCUT2D eigenvalue weighted by Crippen LogP contribution is -2.55. The molecule has 0 bridgehead atoms. The van der Waals surface area contributed by atoms with Crippen LogP contribution in [0.15, 0.2) is 48.5 Å². The Morgan fingerprint density at radius 3 is 2.70 bits per heavy atom. The molecule has 2 aromatic rings. The molecule has 1 heterocycles. The van der Waals surface area contributed by atoms with E-state index >= 15 is 0 Å². The summed E-state index contributed by atoms with van der Waals surface area (Å²) < 4.78 is 5.86. The highest BCUT2D eigenvalue weighted by atomic mass is 16.5. The highest BCUT2D eigenvalue weighted by molar-refractivity contribution is 5.82. The number of nitrogens with zero attached hydrogens (tertiary/aromatic N) is 1. The average molecular weight is 365 g/mol. The number of aliphatic hydroxyl groups excluding tert-OH is 1. The third-order valence-electron chi connectivity index (χ3n) is 4.81. The standard InChI is InChI=1S/C21H23N3O3/c1-21(2)19(25)18(15-10-14(12-22)8-9-17(15)27-21)24-20(26)16(23)11-13-6-4-3-5-7-13/h3-10,16,18-19,25H,11,23H2,1-2H3,(H,24,26)/t16-,18?,19?/m1/s1. The predicted molar refractivity (Wildman–Crippen MR) is 101 cm³/mol. The van der Waals surface area contributed by atoms with E-state index < -0.39 is 23.8 Å². The molecule has 0 spiro atoms. The van der Waals surface area contributed by atoms with Crippen molar-refractivity contribution in [1.82, 2.24) is 5.32 Å². The van der Waals surface area contributed by atoms with Gasteiger partial charge in [-0.1, -0.05) is 30.3 Å². The van der Waals surface area contributed by atoms with Crippen LogP contribution in [0.25, 0.3) is 0 Å². The summed E-state index contributed by atoms with van der Waals surface area (Å²) in [5.41, 5.74) is 7.13.